The lowest BCUT2D eigenvalue weighted by atomic mass is 10.0. The highest BCUT2D eigenvalue weighted by Gasteiger charge is 2.41. The molecule has 5 rings (SSSR count). The third kappa shape index (κ3) is 4.45. The van der Waals surface area contributed by atoms with Crippen LogP contribution in [0.5, 0.6) is 0 Å². The summed E-state index contributed by atoms with van der Waals surface area (Å²) in [6, 6.07) is 18.8. The van der Waals surface area contributed by atoms with E-state index in [2.05, 4.69) is 89.3 Å². The van der Waals surface area contributed by atoms with Crippen molar-refractivity contribution in [2.45, 2.75) is 12.1 Å². The summed E-state index contributed by atoms with van der Waals surface area (Å²) in [6.07, 6.45) is 3.97. The topological polar surface area (TPSA) is 45.6 Å². The Labute approximate surface area is 202 Å². The largest absolute Gasteiger partial charge is 0.379 e. The van der Waals surface area contributed by atoms with Crippen molar-refractivity contribution in [1.29, 1.82) is 0 Å². The number of thiocarbonyl (C=S) groups is 1. The third-order valence-electron chi connectivity index (χ3n) is 6.15. The van der Waals surface area contributed by atoms with Gasteiger partial charge in [-0.1, -0.05) is 22.0 Å². The minimum Gasteiger partial charge on any atom is -0.379 e. The Morgan fingerprint density at radius 3 is 2.59 bits per heavy atom. The molecule has 1 N–H and O–H groups in total. The normalized spacial score (nSPS) is 21.7. The van der Waals surface area contributed by atoms with Gasteiger partial charge >= 0.3 is 0 Å². The predicted octanol–water partition coefficient (Wildman–Crippen LogP) is 3.94. The maximum atomic E-state index is 5.84. The van der Waals surface area contributed by atoms with Gasteiger partial charge in [-0.2, -0.15) is 0 Å². The monoisotopic (exact) mass is 511 g/mol. The zero-order chi connectivity index (χ0) is 21.9. The van der Waals surface area contributed by atoms with Crippen LogP contribution >= 0.6 is 28.1 Å². The molecular formula is C24H26BrN5OS. The number of pyridine rings is 1. The van der Waals surface area contributed by atoms with Crippen molar-refractivity contribution in [2.75, 3.05) is 39.4 Å². The molecule has 2 aliphatic heterocycles. The molecule has 2 atom stereocenters. The molecule has 2 saturated heterocycles. The van der Waals surface area contributed by atoms with Crippen molar-refractivity contribution < 1.29 is 4.74 Å². The van der Waals surface area contributed by atoms with Crippen molar-refractivity contribution >= 4 is 33.3 Å². The molecule has 3 aromatic rings. The Morgan fingerprint density at radius 1 is 1.03 bits per heavy atom. The summed E-state index contributed by atoms with van der Waals surface area (Å²) >= 11 is 9.38. The molecule has 0 amide bonds. The number of benzene rings is 1. The molecule has 0 unspecified atom stereocenters. The highest BCUT2D eigenvalue weighted by atomic mass is 79.9. The predicted molar refractivity (Wildman–Crippen MR) is 133 cm³/mol. The molecule has 0 spiro atoms. The van der Waals surface area contributed by atoms with E-state index >= 15 is 0 Å². The van der Waals surface area contributed by atoms with Crippen LogP contribution in [0.15, 0.2) is 71.5 Å². The minimum atomic E-state index is -0.0162. The van der Waals surface area contributed by atoms with E-state index in [0.29, 0.717) is 0 Å². The second-order valence-corrected chi connectivity index (χ2v) is 9.36. The lowest BCUT2D eigenvalue weighted by Crippen LogP contribution is -2.42. The first-order chi connectivity index (χ1) is 15.7. The van der Waals surface area contributed by atoms with Crippen LogP contribution in [0.3, 0.4) is 0 Å². The summed E-state index contributed by atoms with van der Waals surface area (Å²) in [4.78, 5) is 9.44. The van der Waals surface area contributed by atoms with Crippen molar-refractivity contribution in [3.63, 3.8) is 0 Å². The van der Waals surface area contributed by atoms with E-state index in [-0.39, 0.29) is 12.1 Å². The summed E-state index contributed by atoms with van der Waals surface area (Å²) in [7, 11) is 0. The van der Waals surface area contributed by atoms with Crippen molar-refractivity contribution in [3.8, 4) is 5.69 Å². The molecule has 8 heteroatoms. The lowest BCUT2D eigenvalue weighted by molar-refractivity contribution is 0.0349. The Balaban J connectivity index is 1.49. The molecule has 0 radical (unpaired) electrons. The number of aromatic nitrogens is 2. The van der Waals surface area contributed by atoms with Crippen LogP contribution in [0.2, 0.25) is 0 Å². The lowest BCUT2D eigenvalue weighted by Gasteiger charge is -2.32. The first kappa shape index (κ1) is 21.6. The number of ether oxygens (including phenoxy) is 1. The van der Waals surface area contributed by atoms with Crippen LogP contribution in [0.4, 0.5) is 0 Å². The van der Waals surface area contributed by atoms with Gasteiger partial charge < -0.3 is 19.5 Å². The Hall–Kier alpha value is -2.26. The fraction of sp³-hybridized carbons (Fsp3) is 0.333. The van der Waals surface area contributed by atoms with E-state index < -0.39 is 0 Å². The fourth-order valence-electron chi connectivity index (χ4n) is 4.51. The molecule has 32 heavy (non-hydrogen) atoms. The summed E-state index contributed by atoms with van der Waals surface area (Å²) < 4.78 is 8.83. The zero-order valence-electron chi connectivity index (χ0n) is 17.7. The van der Waals surface area contributed by atoms with Gasteiger partial charge in [-0.3, -0.25) is 9.88 Å². The van der Waals surface area contributed by atoms with E-state index in [1.807, 2.05) is 18.3 Å². The second-order valence-electron chi connectivity index (χ2n) is 8.05. The van der Waals surface area contributed by atoms with Gasteiger partial charge in [0.25, 0.3) is 0 Å². The van der Waals surface area contributed by atoms with E-state index in [0.717, 1.165) is 60.4 Å². The van der Waals surface area contributed by atoms with Gasteiger partial charge in [0.15, 0.2) is 5.11 Å². The van der Waals surface area contributed by atoms with Crippen molar-refractivity contribution in [2.24, 2.45) is 0 Å². The molecule has 6 nitrogen and oxygen atoms in total. The zero-order valence-corrected chi connectivity index (χ0v) is 20.1. The molecule has 4 heterocycles. The van der Waals surface area contributed by atoms with Crippen LogP contribution in [-0.2, 0) is 4.74 Å². The third-order valence-corrected chi connectivity index (χ3v) is 7.03. The smallest absolute Gasteiger partial charge is 0.170 e. The Bertz CT molecular complexity index is 1050. The maximum absolute atomic E-state index is 5.84. The molecule has 1 aromatic carbocycles. The van der Waals surface area contributed by atoms with E-state index in [9.17, 15) is 0 Å². The minimum absolute atomic E-state index is 0.0162. The second kappa shape index (κ2) is 9.70. The van der Waals surface area contributed by atoms with Crippen molar-refractivity contribution in [1.82, 2.24) is 24.7 Å². The number of morpholine rings is 1. The summed E-state index contributed by atoms with van der Waals surface area (Å²) in [5.41, 5.74) is 3.31. The molecule has 0 aliphatic carbocycles. The number of rotatable bonds is 6. The number of nitrogens with one attached hydrogen (secondary N) is 1. The Morgan fingerprint density at radius 2 is 1.84 bits per heavy atom. The van der Waals surface area contributed by atoms with Crippen LogP contribution in [0, 0.1) is 0 Å². The van der Waals surface area contributed by atoms with E-state index in [4.69, 9.17) is 17.0 Å². The SMILES string of the molecule is S=C1N[C@H](c2ccccn2)[C@H](c2cccn2-c2ccc(Br)cc2)N1CCN1CCOCC1. The Kier molecular flexibility index (Phi) is 6.54. The molecule has 166 valence electrons. The van der Waals surface area contributed by atoms with Gasteiger partial charge in [-0.05, 0) is 60.7 Å². The number of hydrogen-bond acceptors (Lipinski definition) is 4. The summed E-state index contributed by atoms with van der Waals surface area (Å²) in [5, 5.41) is 4.35. The number of nitrogens with zero attached hydrogens (tertiary/aromatic N) is 4. The van der Waals surface area contributed by atoms with E-state index in [1.165, 1.54) is 5.69 Å². The molecule has 2 aliphatic rings. The molecule has 2 aromatic heterocycles. The highest BCUT2D eigenvalue weighted by molar-refractivity contribution is 9.10. The van der Waals surface area contributed by atoms with E-state index in [1.54, 1.807) is 0 Å². The average molecular weight is 512 g/mol. The van der Waals surface area contributed by atoms with Crippen LogP contribution in [0.1, 0.15) is 23.5 Å². The molecule has 0 bridgehead atoms. The van der Waals surface area contributed by atoms with Gasteiger partial charge in [0.2, 0.25) is 0 Å². The summed E-state index contributed by atoms with van der Waals surface area (Å²) in [6.45, 7) is 5.35. The molecule has 0 saturated carbocycles. The van der Waals surface area contributed by atoms with Gasteiger partial charge in [-0.25, -0.2) is 0 Å². The highest BCUT2D eigenvalue weighted by Crippen LogP contribution is 2.39. The van der Waals surface area contributed by atoms with Gasteiger partial charge in [0.1, 0.15) is 0 Å². The van der Waals surface area contributed by atoms with Gasteiger partial charge in [0, 0.05) is 54.4 Å². The van der Waals surface area contributed by atoms with Gasteiger partial charge in [0.05, 0.1) is 31.0 Å². The fourth-order valence-corrected chi connectivity index (χ4v) is 5.11. The average Bonchev–Trinajstić information content (AvgIpc) is 3.43. The first-order valence-corrected chi connectivity index (χ1v) is 12.1. The van der Waals surface area contributed by atoms with Crippen molar-refractivity contribution in [3.05, 3.63) is 82.9 Å². The molecular weight excluding hydrogens is 486 g/mol. The van der Waals surface area contributed by atoms with Crippen LogP contribution in [0.25, 0.3) is 5.69 Å². The number of halogens is 1. The first-order valence-electron chi connectivity index (χ1n) is 10.9. The van der Waals surface area contributed by atoms with Crippen LogP contribution in [-0.4, -0.2) is 63.9 Å². The van der Waals surface area contributed by atoms with Crippen LogP contribution < -0.4 is 5.32 Å². The maximum Gasteiger partial charge on any atom is 0.170 e. The number of hydrogen-bond donors (Lipinski definition) is 1. The quantitative estimate of drug-likeness (QED) is 0.505. The standard InChI is InChI=1S/C24H26BrN5OS/c25-18-6-8-19(9-7-18)29-11-3-5-21(29)23-22(20-4-1-2-10-26-20)27-24(32)30(23)13-12-28-14-16-31-17-15-28/h1-11,22-23H,12-17H2,(H,27,32)/t22-,23+/m1/s1. The summed E-state index contributed by atoms with van der Waals surface area (Å²) in [5.74, 6) is 0. The molecule has 2 fully saturated rings. The van der Waals surface area contributed by atoms with Gasteiger partial charge in [-0.15, -0.1) is 0 Å².